The van der Waals surface area contributed by atoms with Gasteiger partial charge in [0, 0.05) is 12.6 Å². The second kappa shape index (κ2) is 7.60. The fourth-order valence-corrected chi connectivity index (χ4v) is 2.03. The summed E-state index contributed by atoms with van der Waals surface area (Å²) in [6.07, 6.45) is 4.06. The molecule has 1 saturated carbocycles. The Kier molecular flexibility index (Phi) is 6.37. The van der Waals surface area contributed by atoms with Gasteiger partial charge in [0.15, 0.2) is 0 Å². The summed E-state index contributed by atoms with van der Waals surface area (Å²) in [4.78, 5) is 11.7. The van der Waals surface area contributed by atoms with Gasteiger partial charge in [-0.15, -0.1) is 0 Å². The van der Waals surface area contributed by atoms with E-state index in [9.17, 15) is 4.79 Å². The van der Waals surface area contributed by atoms with E-state index in [4.69, 9.17) is 15.6 Å². The van der Waals surface area contributed by atoms with E-state index in [2.05, 4.69) is 5.32 Å². The van der Waals surface area contributed by atoms with Crippen molar-refractivity contribution < 1.29 is 14.6 Å². The minimum atomic E-state index is -0.0356. The van der Waals surface area contributed by atoms with Crippen molar-refractivity contribution >= 4 is 5.91 Å². The predicted molar refractivity (Wildman–Crippen MR) is 60.8 cm³/mol. The van der Waals surface area contributed by atoms with E-state index >= 15 is 0 Å². The number of amides is 1. The van der Waals surface area contributed by atoms with Gasteiger partial charge >= 0.3 is 0 Å². The molecule has 1 rings (SSSR count). The summed E-state index contributed by atoms with van der Waals surface area (Å²) in [7, 11) is 0. The minimum Gasteiger partial charge on any atom is -0.394 e. The molecule has 0 radical (unpaired) electrons. The zero-order chi connectivity index (χ0) is 11.8. The van der Waals surface area contributed by atoms with Crippen molar-refractivity contribution in [1.82, 2.24) is 5.32 Å². The Morgan fingerprint density at radius 2 is 2.12 bits per heavy atom. The molecule has 0 heterocycles. The molecule has 5 heteroatoms. The zero-order valence-electron chi connectivity index (χ0n) is 9.65. The summed E-state index contributed by atoms with van der Waals surface area (Å²) in [5.74, 6) is 0.00592. The summed E-state index contributed by atoms with van der Waals surface area (Å²) in [6.45, 7) is 1.26. The van der Waals surface area contributed by atoms with Crippen LogP contribution in [0.2, 0.25) is 0 Å². The van der Waals surface area contributed by atoms with E-state index in [0.29, 0.717) is 19.8 Å². The van der Waals surface area contributed by atoms with Crippen LogP contribution < -0.4 is 11.1 Å². The molecule has 2 unspecified atom stereocenters. The SMILES string of the molecule is NC1CCCCC1C(=O)NCCOCCO. The maximum Gasteiger partial charge on any atom is 0.224 e. The predicted octanol–water partition coefficient (Wildman–Crippen LogP) is -0.371. The lowest BCUT2D eigenvalue weighted by atomic mass is 9.84. The fourth-order valence-electron chi connectivity index (χ4n) is 2.03. The summed E-state index contributed by atoms with van der Waals surface area (Å²) < 4.78 is 5.05. The molecule has 94 valence electrons. The van der Waals surface area contributed by atoms with Crippen LogP contribution in [-0.4, -0.2) is 43.4 Å². The standard InChI is InChI=1S/C11H22N2O3/c12-10-4-2-1-3-9(10)11(15)13-5-7-16-8-6-14/h9-10,14H,1-8,12H2,(H,13,15). The molecule has 16 heavy (non-hydrogen) atoms. The zero-order valence-corrected chi connectivity index (χ0v) is 9.65. The summed E-state index contributed by atoms with van der Waals surface area (Å²) in [5.41, 5.74) is 5.91. The molecule has 1 fully saturated rings. The van der Waals surface area contributed by atoms with Crippen molar-refractivity contribution in [1.29, 1.82) is 0 Å². The first-order chi connectivity index (χ1) is 7.75. The van der Waals surface area contributed by atoms with Crippen molar-refractivity contribution in [2.45, 2.75) is 31.7 Å². The van der Waals surface area contributed by atoms with Gasteiger partial charge in [0.2, 0.25) is 5.91 Å². The van der Waals surface area contributed by atoms with Crippen LogP contribution >= 0.6 is 0 Å². The fraction of sp³-hybridized carbons (Fsp3) is 0.909. The van der Waals surface area contributed by atoms with Crippen LogP contribution in [0.4, 0.5) is 0 Å². The maximum atomic E-state index is 11.7. The first-order valence-electron chi connectivity index (χ1n) is 5.97. The Labute approximate surface area is 96.3 Å². The van der Waals surface area contributed by atoms with E-state index < -0.39 is 0 Å². The first kappa shape index (κ1) is 13.4. The monoisotopic (exact) mass is 230 g/mol. The molecular weight excluding hydrogens is 208 g/mol. The van der Waals surface area contributed by atoms with Gasteiger partial charge in [-0.25, -0.2) is 0 Å². The molecule has 0 spiro atoms. The topological polar surface area (TPSA) is 84.6 Å². The van der Waals surface area contributed by atoms with Gasteiger partial charge in [0.25, 0.3) is 0 Å². The van der Waals surface area contributed by atoms with E-state index in [1.165, 1.54) is 0 Å². The third-order valence-corrected chi connectivity index (χ3v) is 2.94. The number of nitrogens with two attached hydrogens (primary N) is 1. The average molecular weight is 230 g/mol. The van der Waals surface area contributed by atoms with Gasteiger partial charge < -0.3 is 20.9 Å². The van der Waals surface area contributed by atoms with Crippen LogP contribution in [0.5, 0.6) is 0 Å². The summed E-state index contributed by atoms with van der Waals surface area (Å²) in [5, 5.41) is 11.3. The Morgan fingerprint density at radius 3 is 2.81 bits per heavy atom. The number of carbonyl (C=O) groups is 1. The lowest BCUT2D eigenvalue weighted by molar-refractivity contribution is -0.126. The van der Waals surface area contributed by atoms with Gasteiger partial charge in [0.1, 0.15) is 0 Å². The molecule has 1 aliphatic carbocycles. The highest BCUT2D eigenvalue weighted by Gasteiger charge is 2.27. The van der Waals surface area contributed by atoms with Crippen LogP contribution in [0.3, 0.4) is 0 Å². The van der Waals surface area contributed by atoms with E-state index in [1.807, 2.05) is 0 Å². The van der Waals surface area contributed by atoms with Gasteiger partial charge in [0.05, 0.1) is 25.7 Å². The van der Waals surface area contributed by atoms with Crippen molar-refractivity contribution in [2.75, 3.05) is 26.4 Å². The molecular formula is C11H22N2O3. The number of aliphatic hydroxyl groups is 1. The van der Waals surface area contributed by atoms with Crippen LogP contribution in [0.25, 0.3) is 0 Å². The number of nitrogens with one attached hydrogen (secondary N) is 1. The van der Waals surface area contributed by atoms with Gasteiger partial charge in [-0.3, -0.25) is 4.79 Å². The molecule has 5 nitrogen and oxygen atoms in total. The quantitative estimate of drug-likeness (QED) is 0.543. The van der Waals surface area contributed by atoms with E-state index in [1.54, 1.807) is 0 Å². The second-order valence-electron chi connectivity index (χ2n) is 4.18. The van der Waals surface area contributed by atoms with Crippen LogP contribution in [0.1, 0.15) is 25.7 Å². The van der Waals surface area contributed by atoms with Crippen LogP contribution in [-0.2, 0) is 9.53 Å². The lowest BCUT2D eigenvalue weighted by Gasteiger charge is -2.27. The highest BCUT2D eigenvalue weighted by molar-refractivity contribution is 5.79. The van der Waals surface area contributed by atoms with Crippen molar-refractivity contribution in [3.63, 3.8) is 0 Å². The van der Waals surface area contributed by atoms with Crippen molar-refractivity contribution in [2.24, 2.45) is 11.7 Å². The third kappa shape index (κ3) is 4.47. The number of hydrogen-bond donors (Lipinski definition) is 3. The number of aliphatic hydroxyl groups excluding tert-OH is 1. The highest BCUT2D eigenvalue weighted by Crippen LogP contribution is 2.22. The summed E-state index contributed by atoms with van der Waals surface area (Å²) >= 11 is 0. The number of carbonyl (C=O) groups excluding carboxylic acids is 1. The molecule has 1 aliphatic rings. The Hall–Kier alpha value is -0.650. The van der Waals surface area contributed by atoms with Crippen molar-refractivity contribution in [3.05, 3.63) is 0 Å². The Bertz CT molecular complexity index is 211. The lowest BCUT2D eigenvalue weighted by Crippen LogP contribution is -2.44. The molecule has 1 amide bonds. The second-order valence-corrected chi connectivity index (χ2v) is 4.18. The van der Waals surface area contributed by atoms with Crippen LogP contribution in [0, 0.1) is 5.92 Å². The van der Waals surface area contributed by atoms with Crippen molar-refractivity contribution in [3.8, 4) is 0 Å². The molecule has 2 atom stereocenters. The average Bonchev–Trinajstić information content (AvgIpc) is 2.29. The normalized spacial score (nSPS) is 25.4. The molecule has 0 aromatic carbocycles. The first-order valence-corrected chi connectivity index (χ1v) is 5.97. The maximum absolute atomic E-state index is 11.7. The number of hydrogen-bond acceptors (Lipinski definition) is 4. The molecule has 0 bridgehead atoms. The largest absolute Gasteiger partial charge is 0.394 e. The van der Waals surface area contributed by atoms with Gasteiger partial charge in [-0.05, 0) is 12.8 Å². The minimum absolute atomic E-state index is 0.00658. The smallest absolute Gasteiger partial charge is 0.224 e. The molecule has 4 N–H and O–H groups in total. The third-order valence-electron chi connectivity index (χ3n) is 2.94. The van der Waals surface area contributed by atoms with E-state index in [-0.39, 0.29) is 24.5 Å². The van der Waals surface area contributed by atoms with E-state index in [0.717, 1.165) is 25.7 Å². The molecule has 0 saturated heterocycles. The summed E-state index contributed by atoms with van der Waals surface area (Å²) in [6, 6.07) is 0.00658. The molecule has 0 aromatic rings. The Balaban J connectivity index is 2.13. The van der Waals surface area contributed by atoms with Gasteiger partial charge in [-0.1, -0.05) is 12.8 Å². The van der Waals surface area contributed by atoms with Crippen LogP contribution in [0.15, 0.2) is 0 Å². The Morgan fingerprint density at radius 1 is 1.38 bits per heavy atom. The molecule has 0 aliphatic heterocycles. The number of rotatable bonds is 6. The van der Waals surface area contributed by atoms with Gasteiger partial charge in [-0.2, -0.15) is 0 Å². The highest BCUT2D eigenvalue weighted by atomic mass is 16.5. The number of ether oxygens (including phenoxy) is 1. The molecule has 0 aromatic heterocycles.